The van der Waals surface area contributed by atoms with Crippen LogP contribution in [0.4, 0.5) is 17.1 Å². The van der Waals surface area contributed by atoms with Gasteiger partial charge in [0.15, 0.2) is 0 Å². The van der Waals surface area contributed by atoms with Crippen molar-refractivity contribution in [3.05, 3.63) is 161 Å². The smallest absolute Gasteiger partial charge is 0.0467 e. The molecule has 0 atom stereocenters. The van der Waals surface area contributed by atoms with Gasteiger partial charge in [0.1, 0.15) is 0 Å². The van der Waals surface area contributed by atoms with Gasteiger partial charge in [-0.3, -0.25) is 0 Å². The van der Waals surface area contributed by atoms with E-state index >= 15 is 0 Å². The van der Waals surface area contributed by atoms with Crippen LogP contribution in [0.15, 0.2) is 133 Å². The molecule has 6 aromatic carbocycles. The summed E-state index contributed by atoms with van der Waals surface area (Å²) in [4.78, 5) is 2.52. The van der Waals surface area contributed by atoms with Crippen LogP contribution in [-0.4, -0.2) is 0 Å². The summed E-state index contributed by atoms with van der Waals surface area (Å²) in [5.41, 5.74) is 18.9. The normalized spacial score (nSPS) is 15.2. The van der Waals surface area contributed by atoms with Crippen molar-refractivity contribution in [2.24, 2.45) is 0 Å². The molecule has 0 saturated heterocycles. The molecule has 0 bridgehead atoms. The Bertz CT molecular complexity index is 2330. The van der Waals surface area contributed by atoms with Gasteiger partial charge in [0.2, 0.25) is 0 Å². The van der Waals surface area contributed by atoms with Crippen LogP contribution in [0.25, 0.3) is 33.4 Å². The zero-order valence-electron chi connectivity index (χ0n) is 36.6. The topological polar surface area (TPSA) is 3.24 Å². The molecule has 0 aliphatic heterocycles. The lowest BCUT2D eigenvalue weighted by Gasteiger charge is -2.33. The molecule has 0 radical (unpaired) electrons. The molecule has 0 unspecified atom stereocenters. The number of rotatable bonds is 10. The zero-order chi connectivity index (χ0) is 40.7. The van der Waals surface area contributed by atoms with Gasteiger partial charge in [0, 0.05) is 22.5 Å². The molecule has 0 amide bonds. The molecule has 2 aliphatic rings. The van der Waals surface area contributed by atoms with Crippen LogP contribution in [0.1, 0.15) is 147 Å². The summed E-state index contributed by atoms with van der Waals surface area (Å²) in [5.74, 6) is 0.678. The molecule has 2 aliphatic carbocycles. The minimum absolute atomic E-state index is 0.0291. The number of fused-ring (bicyclic) bond motifs is 3. The van der Waals surface area contributed by atoms with Crippen molar-refractivity contribution in [3.8, 4) is 33.4 Å². The second-order valence-corrected chi connectivity index (χ2v) is 19.5. The average Bonchev–Trinajstić information content (AvgIpc) is 3.49. The Balaban J connectivity index is 1.24. The minimum atomic E-state index is 0.0291. The third-order valence-corrected chi connectivity index (χ3v) is 13.4. The Morgan fingerprint density at radius 1 is 0.483 bits per heavy atom. The van der Waals surface area contributed by atoms with Crippen molar-refractivity contribution in [1.82, 2.24) is 0 Å². The van der Waals surface area contributed by atoms with Gasteiger partial charge in [-0.15, -0.1) is 0 Å². The van der Waals surface area contributed by atoms with Crippen LogP contribution < -0.4 is 4.90 Å². The summed E-state index contributed by atoms with van der Waals surface area (Å²) >= 11 is 0. The van der Waals surface area contributed by atoms with Gasteiger partial charge < -0.3 is 4.90 Å². The van der Waals surface area contributed by atoms with Gasteiger partial charge in [-0.05, 0) is 146 Å². The monoisotopic (exact) mass is 764 g/mol. The van der Waals surface area contributed by atoms with E-state index in [0.717, 1.165) is 25.7 Å². The molecular weight excluding hydrogens is 699 g/mol. The SMILES string of the molecule is CCCC1(CCC)c2ccccc2-c2ccc(N(c3ccc(C4CCCCC4)cc3)c3cccc(-c4cccc(-c5cc(C(C)(C)C)cc(C(C)(C)C)c5)c4)c3)cc21. The van der Waals surface area contributed by atoms with Crippen LogP contribution in [0.2, 0.25) is 0 Å². The Morgan fingerprint density at radius 3 is 1.67 bits per heavy atom. The molecule has 1 nitrogen and oxygen atoms in total. The fourth-order valence-corrected chi connectivity index (χ4v) is 10.2. The summed E-state index contributed by atoms with van der Waals surface area (Å²) in [6, 6.07) is 51.9. The second-order valence-electron chi connectivity index (χ2n) is 19.5. The van der Waals surface area contributed by atoms with E-state index in [-0.39, 0.29) is 16.2 Å². The van der Waals surface area contributed by atoms with E-state index in [1.54, 1.807) is 0 Å². The molecule has 0 N–H and O–H groups in total. The zero-order valence-corrected chi connectivity index (χ0v) is 36.6. The number of benzene rings is 6. The highest BCUT2D eigenvalue weighted by Gasteiger charge is 2.42. The van der Waals surface area contributed by atoms with E-state index in [1.807, 2.05) is 0 Å². The van der Waals surface area contributed by atoms with E-state index < -0.39 is 0 Å². The van der Waals surface area contributed by atoms with Crippen molar-refractivity contribution < 1.29 is 0 Å². The number of hydrogen-bond acceptors (Lipinski definition) is 1. The average molecular weight is 764 g/mol. The summed E-state index contributed by atoms with van der Waals surface area (Å²) in [7, 11) is 0. The minimum Gasteiger partial charge on any atom is -0.310 e. The van der Waals surface area contributed by atoms with Gasteiger partial charge in [-0.1, -0.05) is 178 Å². The van der Waals surface area contributed by atoms with Crippen LogP contribution in [0.5, 0.6) is 0 Å². The highest BCUT2D eigenvalue weighted by molar-refractivity contribution is 5.87. The fourth-order valence-electron chi connectivity index (χ4n) is 10.2. The molecule has 298 valence electrons. The molecular formula is C57H65N. The summed E-state index contributed by atoms with van der Waals surface area (Å²) in [6.45, 7) is 18.6. The van der Waals surface area contributed by atoms with Gasteiger partial charge in [-0.2, -0.15) is 0 Å². The van der Waals surface area contributed by atoms with Gasteiger partial charge in [-0.25, -0.2) is 0 Å². The maximum atomic E-state index is 2.55. The molecule has 8 rings (SSSR count). The molecule has 0 aromatic heterocycles. The summed E-state index contributed by atoms with van der Waals surface area (Å²) < 4.78 is 0. The largest absolute Gasteiger partial charge is 0.310 e. The predicted molar refractivity (Wildman–Crippen MR) is 251 cm³/mol. The predicted octanol–water partition coefficient (Wildman–Crippen LogP) is 17.0. The van der Waals surface area contributed by atoms with E-state index in [2.05, 4.69) is 194 Å². The third-order valence-electron chi connectivity index (χ3n) is 13.4. The Hall–Kier alpha value is -4.88. The van der Waals surface area contributed by atoms with E-state index in [4.69, 9.17) is 0 Å². The molecule has 1 heteroatoms. The Kier molecular flexibility index (Phi) is 11.0. The Labute approximate surface area is 350 Å². The number of hydrogen-bond donors (Lipinski definition) is 0. The van der Waals surface area contributed by atoms with Crippen LogP contribution in [-0.2, 0) is 16.2 Å². The quantitative estimate of drug-likeness (QED) is 0.134. The first-order chi connectivity index (χ1) is 27.9. The van der Waals surface area contributed by atoms with Gasteiger partial charge in [0.25, 0.3) is 0 Å². The van der Waals surface area contributed by atoms with Crippen molar-refractivity contribution in [2.45, 2.75) is 135 Å². The van der Waals surface area contributed by atoms with E-state index in [1.165, 1.54) is 110 Å². The van der Waals surface area contributed by atoms with Gasteiger partial charge in [0.05, 0.1) is 0 Å². The molecule has 58 heavy (non-hydrogen) atoms. The van der Waals surface area contributed by atoms with Crippen molar-refractivity contribution in [3.63, 3.8) is 0 Å². The second kappa shape index (κ2) is 16.1. The Morgan fingerprint density at radius 2 is 1.03 bits per heavy atom. The first-order valence-electron chi connectivity index (χ1n) is 22.4. The molecule has 0 heterocycles. The van der Waals surface area contributed by atoms with Crippen LogP contribution >= 0.6 is 0 Å². The molecule has 1 saturated carbocycles. The third kappa shape index (κ3) is 7.70. The van der Waals surface area contributed by atoms with E-state index in [9.17, 15) is 0 Å². The number of anilines is 3. The van der Waals surface area contributed by atoms with Crippen LogP contribution in [0.3, 0.4) is 0 Å². The highest BCUT2D eigenvalue weighted by Crippen LogP contribution is 2.55. The van der Waals surface area contributed by atoms with E-state index in [0.29, 0.717) is 5.92 Å². The maximum Gasteiger partial charge on any atom is 0.0467 e. The summed E-state index contributed by atoms with van der Waals surface area (Å²) in [5, 5.41) is 0. The lowest BCUT2D eigenvalue weighted by molar-refractivity contribution is 0.436. The number of nitrogens with zero attached hydrogens (tertiary/aromatic N) is 1. The fraction of sp³-hybridized carbons (Fsp3) is 0.368. The first-order valence-corrected chi connectivity index (χ1v) is 22.4. The van der Waals surface area contributed by atoms with Gasteiger partial charge >= 0.3 is 0 Å². The van der Waals surface area contributed by atoms with Crippen molar-refractivity contribution in [2.75, 3.05) is 4.90 Å². The standard InChI is InChI=1S/C57H65N/c1-9-32-57(33-10-2)53-25-15-14-24-51(53)52-31-30-50(39-54(52)57)58(48-28-26-41(27-29-48)40-18-12-11-13-19-40)49-23-17-22-44(37-49)42-20-16-21-43(34-42)45-35-46(55(3,4)5)38-47(36-45)56(6,7)8/h14-17,20-31,34-40H,9-13,18-19,32-33H2,1-8H3. The first kappa shape index (κ1) is 39.9. The van der Waals surface area contributed by atoms with Crippen LogP contribution in [0, 0.1) is 0 Å². The highest BCUT2D eigenvalue weighted by atomic mass is 15.1. The lowest BCUT2D eigenvalue weighted by atomic mass is 9.71. The molecule has 1 fully saturated rings. The van der Waals surface area contributed by atoms with Crippen molar-refractivity contribution in [1.29, 1.82) is 0 Å². The molecule has 0 spiro atoms. The summed E-state index contributed by atoms with van der Waals surface area (Å²) in [6.07, 6.45) is 11.3. The lowest BCUT2D eigenvalue weighted by Crippen LogP contribution is -2.25. The van der Waals surface area contributed by atoms with Crippen molar-refractivity contribution >= 4 is 17.1 Å². The maximum absolute atomic E-state index is 2.55. The molecule has 6 aromatic rings.